The monoisotopic (exact) mass is 251 g/mol. The highest BCUT2D eigenvalue weighted by atomic mass is 16.7. The van der Waals surface area contributed by atoms with Gasteiger partial charge in [0.05, 0.1) is 0 Å². The normalized spacial score (nSPS) is 14.6. The van der Waals surface area contributed by atoms with Crippen LogP contribution >= 0.6 is 0 Å². The Labute approximate surface area is 106 Å². The number of hydrogen-bond acceptors (Lipinski definition) is 4. The van der Waals surface area contributed by atoms with Crippen LogP contribution in [0.3, 0.4) is 0 Å². The van der Waals surface area contributed by atoms with Crippen LogP contribution < -0.4 is 14.8 Å². The van der Waals surface area contributed by atoms with E-state index in [0.717, 1.165) is 22.6 Å². The molecule has 5 heteroatoms. The summed E-state index contributed by atoms with van der Waals surface area (Å²) in [6, 6.07) is 3.36. The number of likely N-dealkylation sites (N-methyl/N-ethyl adjacent to an activating group) is 1. The molecule has 0 saturated carbocycles. The molecule has 2 rings (SSSR count). The second-order valence-corrected chi connectivity index (χ2v) is 4.35. The molecule has 2 N–H and O–H groups in total. The zero-order valence-electron chi connectivity index (χ0n) is 10.5. The van der Waals surface area contributed by atoms with E-state index in [4.69, 9.17) is 14.6 Å². The highest BCUT2D eigenvalue weighted by Gasteiger charge is 2.18. The van der Waals surface area contributed by atoms with Gasteiger partial charge in [-0.15, -0.1) is 0 Å². The van der Waals surface area contributed by atoms with Crippen LogP contribution in [-0.4, -0.2) is 31.0 Å². The van der Waals surface area contributed by atoms with Crippen LogP contribution in [0.2, 0.25) is 0 Å². The summed E-state index contributed by atoms with van der Waals surface area (Å²) in [4.78, 5) is 10.9. The van der Waals surface area contributed by atoms with E-state index < -0.39 is 12.0 Å². The van der Waals surface area contributed by atoms with Crippen molar-refractivity contribution in [3.63, 3.8) is 0 Å². The molecule has 0 aliphatic carbocycles. The molecule has 1 aromatic rings. The third kappa shape index (κ3) is 2.56. The Hall–Kier alpha value is -1.75. The van der Waals surface area contributed by atoms with Crippen LogP contribution in [0.25, 0.3) is 0 Å². The van der Waals surface area contributed by atoms with Gasteiger partial charge in [0.2, 0.25) is 6.79 Å². The Kier molecular flexibility index (Phi) is 3.72. The molecule has 5 nitrogen and oxygen atoms in total. The summed E-state index contributed by atoms with van der Waals surface area (Å²) >= 11 is 0. The van der Waals surface area contributed by atoms with Crippen molar-refractivity contribution in [1.29, 1.82) is 0 Å². The fourth-order valence-electron chi connectivity index (χ4n) is 2.05. The topological polar surface area (TPSA) is 67.8 Å². The maximum Gasteiger partial charge on any atom is 0.320 e. The number of ether oxygens (including phenoxy) is 2. The van der Waals surface area contributed by atoms with E-state index in [9.17, 15) is 4.79 Å². The largest absolute Gasteiger partial charge is 0.480 e. The molecule has 98 valence electrons. The lowest BCUT2D eigenvalue weighted by molar-refractivity contribution is -0.139. The zero-order valence-corrected chi connectivity index (χ0v) is 10.5. The molecule has 1 atom stereocenters. The molecule has 0 bridgehead atoms. The van der Waals surface area contributed by atoms with Crippen LogP contribution in [0.15, 0.2) is 12.1 Å². The number of fused-ring (bicyclic) bond motifs is 1. The fourth-order valence-corrected chi connectivity index (χ4v) is 2.05. The van der Waals surface area contributed by atoms with E-state index in [0.29, 0.717) is 12.8 Å². The summed E-state index contributed by atoms with van der Waals surface area (Å²) in [7, 11) is 1.66. The number of rotatable bonds is 5. The Morgan fingerprint density at radius 3 is 2.72 bits per heavy atom. The molecule has 1 aliphatic rings. The van der Waals surface area contributed by atoms with Gasteiger partial charge in [-0.25, -0.2) is 0 Å². The first kappa shape index (κ1) is 12.7. The van der Waals surface area contributed by atoms with Gasteiger partial charge in [0.1, 0.15) is 6.04 Å². The molecule has 0 amide bonds. The molecule has 0 radical (unpaired) electrons. The lowest BCUT2D eigenvalue weighted by Crippen LogP contribution is -2.34. The number of hydrogen-bond donors (Lipinski definition) is 2. The highest BCUT2D eigenvalue weighted by molar-refractivity contribution is 5.73. The Morgan fingerprint density at radius 1 is 1.44 bits per heavy atom. The number of benzene rings is 1. The summed E-state index contributed by atoms with van der Waals surface area (Å²) in [6.45, 7) is 2.25. The zero-order chi connectivity index (χ0) is 13.1. The van der Waals surface area contributed by atoms with Gasteiger partial charge in [-0.05, 0) is 50.1 Å². The summed E-state index contributed by atoms with van der Waals surface area (Å²) in [5, 5.41) is 11.8. The fraction of sp³-hybridized carbons (Fsp3) is 0.462. The van der Waals surface area contributed by atoms with Gasteiger partial charge < -0.3 is 19.9 Å². The molecule has 1 aromatic carbocycles. The third-order valence-corrected chi connectivity index (χ3v) is 3.18. The molecule has 0 saturated heterocycles. The lowest BCUT2D eigenvalue weighted by Gasteiger charge is -2.12. The minimum atomic E-state index is -0.823. The molecule has 1 unspecified atom stereocenters. The molecule has 18 heavy (non-hydrogen) atoms. The summed E-state index contributed by atoms with van der Waals surface area (Å²) in [6.07, 6.45) is 1.24. The van der Waals surface area contributed by atoms with Gasteiger partial charge in [-0.3, -0.25) is 4.79 Å². The predicted molar refractivity (Wildman–Crippen MR) is 66.1 cm³/mol. The van der Waals surface area contributed by atoms with Gasteiger partial charge >= 0.3 is 5.97 Å². The number of carboxylic acid groups (broad SMARTS) is 1. The Morgan fingerprint density at radius 2 is 2.11 bits per heavy atom. The number of carboxylic acids is 1. The number of nitrogens with one attached hydrogen (secondary N) is 1. The second kappa shape index (κ2) is 5.27. The summed E-state index contributed by atoms with van der Waals surface area (Å²) in [5.74, 6) is 0.683. The quantitative estimate of drug-likeness (QED) is 0.826. The van der Waals surface area contributed by atoms with Crippen molar-refractivity contribution in [3.8, 4) is 11.5 Å². The van der Waals surface area contributed by atoms with Crippen LogP contribution in [0, 0.1) is 6.92 Å². The van der Waals surface area contributed by atoms with Crippen molar-refractivity contribution < 1.29 is 19.4 Å². The molecule has 1 heterocycles. The van der Waals surface area contributed by atoms with Crippen LogP contribution in [0.4, 0.5) is 0 Å². The van der Waals surface area contributed by atoms with Gasteiger partial charge in [0.25, 0.3) is 0 Å². The van der Waals surface area contributed by atoms with Gasteiger partial charge in [0, 0.05) is 0 Å². The van der Waals surface area contributed by atoms with E-state index in [1.54, 1.807) is 7.05 Å². The average Bonchev–Trinajstić information content (AvgIpc) is 2.76. The van der Waals surface area contributed by atoms with Crippen molar-refractivity contribution in [1.82, 2.24) is 5.32 Å². The molecule has 1 aliphatic heterocycles. The third-order valence-electron chi connectivity index (χ3n) is 3.18. The van der Waals surface area contributed by atoms with Crippen molar-refractivity contribution in [3.05, 3.63) is 23.3 Å². The van der Waals surface area contributed by atoms with Crippen molar-refractivity contribution in [2.75, 3.05) is 13.8 Å². The first-order valence-electron chi connectivity index (χ1n) is 5.91. The summed E-state index contributed by atoms with van der Waals surface area (Å²) < 4.78 is 10.6. The van der Waals surface area contributed by atoms with Crippen molar-refractivity contribution >= 4 is 5.97 Å². The van der Waals surface area contributed by atoms with Crippen LogP contribution in [0.1, 0.15) is 17.5 Å². The maximum absolute atomic E-state index is 10.9. The van der Waals surface area contributed by atoms with Gasteiger partial charge in [-0.2, -0.15) is 0 Å². The number of aryl methyl sites for hydroxylation is 2. The molecular weight excluding hydrogens is 234 g/mol. The SMILES string of the molecule is CNC(CCc1cc2c(cc1C)OCO2)C(=O)O. The number of carbonyl (C=O) groups is 1. The first-order chi connectivity index (χ1) is 8.61. The minimum Gasteiger partial charge on any atom is -0.480 e. The maximum atomic E-state index is 10.9. The van der Waals surface area contributed by atoms with E-state index >= 15 is 0 Å². The molecule has 0 fully saturated rings. The molecule has 0 aromatic heterocycles. The average molecular weight is 251 g/mol. The van der Waals surface area contributed by atoms with Gasteiger partial charge in [0.15, 0.2) is 11.5 Å². The molecule has 0 spiro atoms. The smallest absolute Gasteiger partial charge is 0.320 e. The van der Waals surface area contributed by atoms with E-state index in [1.165, 1.54) is 0 Å². The standard InChI is InChI=1S/C13H17NO4/c1-8-5-11-12(18-7-17-11)6-9(8)3-4-10(14-2)13(15)16/h5-6,10,14H,3-4,7H2,1-2H3,(H,15,16). The van der Waals surface area contributed by atoms with E-state index in [1.807, 2.05) is 19.1 Å². The Balaban J connectivity index is 2.08. The first-order valence-corrected chi connectivity index (χ1v) is 5.91. The highest BCUT2D eigenvalue weighted by Crippen LogP contribution is 2.34. The van der Waals surface area contributed by atoms with E-state index in [-0.39, 0.29) is 6.79 Å². The van der Waals surface area contributed by atoms with Crippen molar-refractivity contribution in [2.24, 2.45) is 0 Å². The minimum absolute atomic E-state index is 0.256. The molecular formula is C13H17NO4. The van der Waals surface area contributed by atoms with Crippen LogP contribution in [0.5, 0.6) is 11.5 Å². The Bertz CT molecular complexity index is 459. The predicted octanol–water partition coefficient (Wildman–Crippen LogP) is 1.33. The van der Waals surface area contributed by atoms with Crippen molar-refractivity contribution in [2.45, 2.75) is 25.8 Å². The summed E-state index contributed by atoms with van der Waals surface area (Å²) in [5.41, 5.74) is 2.19. The lowest BCUT2D eigenvalue weighted by atomic mass is 10.0. The van der Waals surface area contributed by atoms with E-state index in [2.05, 4.69) is 5.32 Å². The second-order valence-electron chi connectivity index (χ2n) is 4.35. The van der Waals surface area contributed by atoms with Gasteiger partial charge in [-0.1, -0.05) is 0 Å². The number of aliphatic carboxylic acids is 1. The van der Waals surface area contributed by atoms with Crippen LogP contribution in [-0.2, 0) is 11.2 Å².